The Morgan fingerprint density at radius 1 is 1.13 bits per heavy atom. The average Bonchev–Trinajstić information content (AvgIpc) is 2.29. The van der Waals surface area contributed by atoms with E-state index in [0.29, 0.717) is 0 Å². The molecule has 1 unspecified atom stereocenters. The minimum absolute atomic E-state index is 0.938. The van der Waals surface area contributed by atoms with Gasteiger partial charge in [0.05, 0.1) is 0 Å². The molecule has 1 aromatic rings. The first-order chi connectivity index (χ1) is 7.36. The molecule has 0 aliphatic heterocycles. The lowest BCUT2D eigenvalue weighted by molar-refractivity contribution is 0.331. The lowest BCUT2D eigenvalue weighted by atomic mass is 10.3. The molecule has 0 spiro atoms. The molecular weight excluding hydrogens is 204 g/mol. The smallest absolute Gasteiger partial charge is 0.382 e. The summed E-state index contributed by atoms with van der Waals surface area (Å²) in [5.41, 5.74) is 0. The standard InChI is InChI=1S/C12H20O2Si/c1-3-4-8-11-15(13-2)14-12-9-6-5-7-10-12/h5-7,9-10,15H,3-4,8,11H2,1-2H3. The van der Waals surface area contributed by atoms with Crippen molar-refractivity contribution in [3.05, 3.63) is 30.3 Å². The molecule has 0 saturated carbocycles. The van der Waals surface area contributed by atoms with Crippen LogP contribution in [0.4, 0.5) is 0 Å². The van der Waals surface area contributed by atoms with Crippen LogP contribution >= 0.6 is 0 Å². The Bertz CT molecular complexity index is 251. The third-order valence-corrected chi connectivity index (χ3v) is 4.26. The molecular formula is C12H20O2Si. The highest BCUT2D eigenvalue weighted by molar-refractivity contribution is 6.45. The number of benzene rings is 1. The fraction of sp³-hybridized carbons (Fsp3) is 0.500. The van der Waals surface area contributed by atoms with E-state index in [1.54, 1.807) is 7.11 Å². The molecule has 0 aliphatic carbocycles. The van der Waals surface area contributed by atoms with Crippen molar-refractivity contribution in [1.29, 1.82) is 0 Å². The lowest BCUT2D eigenvalue weighted by Gasteiger charge is -2.15. The van der Waals surface area contributed by atoms with Gasteiger partial charge in [-0.15, -0.1) is 0 Å². The molecule has 1 aromatic carbocycles. The highest BCUT2D eigenvalue weighted by Gasteiger charge is 2.12. The first kappa shape index (κ1) is 12.3. The van der Waals surface area contributed by atoms with E-state index in [1.165, 1.54) is 19.3 Å². The fourth-order valence-electron chi connectivity index (χ4n) is 1.44. The van der Waals surface area contributed by atoms with Gasteiger partial charge in [0.15, 0.2) is 0 Å². The second kappa shape index (κ2) is 7.48. The quantitative estimate of drug-likeness (QED) is 0.523. The van der Waals surface area contributed by atoms with Gasteiger partial charge in [0.1, 0.15) is 5.75 Å². The van der Waals surface area contributed by atoms with Gasteiger partial charge in [-0.1, -0.05) is 44.4 Å². The maximum atomic E-state index is 5.83. The molecule has 2 nitrogen and oxygen atoms in total. The summed E-state index contributed by atoms with van der Waals surface area (Å²) in [4.78, 5) is 0. The third-order valence-electron chi connectivity index (χ3n) is 2.32. The molecule has 1 rings (SSSR count). The summed E-state index contributed by atoms with van der Waals surface area (Å²) >= 11 is 0. The zero-order chi connectivity index (χ0) is 10.9. The summed E-state index contributed by atoms with van der Waals surface area (Å²) in [6.07, 6.45) is 3.73. The van der Waals surface area contributed by atoms with Gasteiger partial charge in [-0.25, -0.2) is 0 Å². The van der Waals surface area contributed by atoms with Crippen molar-refractivity contribution in [2.75, 3.05) is 7.11 Å². The predicted molar refractivity (Wildman–Crippen MR) is 65.6 cm³/mol. The minimum atomic E-state index is -1.47. The molecule has 0 radical (unpaired) electrons. The highest BCUT2D eigenvalue weighted by Crippen LogP contribution is 2.13. The van der Waals surface area contributed by atoms with Crippen LogP contribution in [0.3, 0.4) is 0 Å². The summed E-state index contributed by atoms with van der Waals surface area (Å²) in [6.45, 7) is 2.21. The van der Waals surface area contributed by atoms with Gasteiger partial charge in [0, 0.05) is 7.11 Å². The van der Waals surface area contributed by atoms with Gasteiger partial charge in [-0.2, -0.15) is 0 Å². The van der Waals surface area contributed by atoms with Crippen LogP contribution in [0.5, 0.6) is 5.75 Å². The zero-order valence-corrected chi connectivity index (χ0v) is 10.8. The zero-order valence-electron chi connectivity index (χ0n) is 9.61. The van der Waals surface area contributed by atoms with Crippen LogP contribution in [0.15, 0.2) is 30.3 Å². The number of hydrogen-bond donors (Lipinski definition) is 0. The van der Waals surface area contributed by atoms with E-state index in [-0.39, 0.29) is 0 Å². The summed E-state index contributed by atoms with van der Waals surface area (Å²) in [5, 5.41) is 0. The first-order valence-corrected chi connectivity index (χ1v) is 7.37. The van der Waals surface area contributed by atoms with Crippen LogP contribution in [-0.4, -0.2) is 16.4 Å². The van der Waals surface area contributed by atoms with E-state index in [4.69, 9.17) is 8.85 Å². The predicted octanol–water partition coefficient (Wildman–Crippen LogP) is 3.12. The Balaban J connectivity index is 2.33. The summed E-state index contributed by atoms with van der Waals surface area (Å²) in [7, 11) is 0.285. The molecule has 0 aromatic heterocycles. The van der Waals surface area contributed by atoms with E-state index in [1.807, 2.05) is 30.3 Å². The van der Waals surface area contributed by atoms with Crippen molar-refractivity contribution < 1.29 is 8.85 Å². The minimum Gasteiger partial charge on any atom is -0.522 e. The lowest BCUT2D eigenvalue weighted by Crippen LogP contribution is -2.24. The van der Waals surface area contributed by atoms with E-state index in [9.17, 15) is 0 Å². The van der Waals surface area contributed by atoms with Crippen molar-refractivity contribution >= 4 is 9.28 Å². The third kappa shape index (κ3) is 5.00. The maximum absolute atomic E-state index is 5.83. The van der Waals surface area contributed by atoms with Crippen LogP contribution in [0.2, 0.25) is 6.04 Å². The van der Waals surface area contributed by atoms with Crippen LogP contribution in [0, 0.1) is 0 Å². The number of hydrogen-bond acceptors (Lipinski definition) is 2. The Hall–Kier alpha value is -0.803. The molecule has 3 heteroatoms. The SMILES string of the molecule is CCCCC[SiH](OC)Oc1ccccc1. The largest absolute Gasteiger partial charge is 0.522 e. The van der Waals surface area contributed by atoms with Gasteiger partial charge in [0.25, 0.3) is 0 Å². The molecule has 0 saturated heterocycles. The molecule has 0 aliphatic rings. The Morgan fingerprint density at radius 3 is 2.47 bits per heavy atom. The van der Waals surface area contributed by atoms with Gasteiger partial charge in [-0.05, 0) is 18.2 Å². The van der Waals surface area contributed by atoms with Crippen molar-refractivity contribution in [3.63, 3.8) is 0 Å². The Kier molecular flexibility index (Phi) is 6.12. The second-order valence-electron chi connectivity index (χ2n) is 3.59. The van der Waals surface area contributed by atoms with Crippen molar-refractivity contribution in [3.8, 4) is 5.75 Å². The summed E-state index contributed by atoms with van der Waals surface area (Å²) in [6, 6.07) is 11.0. The van der Waals surface area contributed by atoms with Gasteiger partial charge >= 0.3 is 9.28 Å². The van der Waals surface area contributed by atoms with E-state index in [2.05, 4.69) is 6.92 Å². The monoisotopic (exact) mass is 224 g/mol. The molecule has 0 heterocycles. The maximum Gasteiger partial charge on any atom is 0.382 e. The van der Waals surface area contributed by atoms with E-state index < -0.39 is 9.28 Å². The molecule has 0 N–H and O–H groups in total. The van der Waals surface area contributed by atoms with E-state index >= 15 is 0 Å². The Morgan fingerprint density at radius 2 is 1.87 bits per heavy atom. The second-order valence-corrected chi connectivity index (χ2v) is 5.74. The molecule has 1 atom stereocenters. The van der Waals surface area contributed by atoms with Crippen molar-refractivity contribution in [2.45, 2.75) is 32.2 Å². The van der Waals surface area contributed by atoms with Crippen LogP contribution in [-0.2, 0) is 4.43 Å². The molecule has 15 heavy (non-hydrogen) atoms. The first-order valence-electron chi connectivity index (χ1n) is 5.61. The van der Waals surface area contributed by atoms with Crippen molar-refractivity contribution in [1.82, 2.24) is 0 Å². The highest BCUT2D eigenvalue weighted by atomic mass is 28.3. The van der Waals surface area contributed by atoms with Gasteiger partial charge in [0.2, 0.25) is 0 Å². The normalized spacial score (nSPS) is 12.4. The number of unbranched alkanes of at least 4 members (excludes halogenated alkanes) is 2. The fourth-order valence-corrected chi connectivity index (χ4v) is 2.97. The summed E-state index contributed by atoms with van der Waals surface area (Å²) in [5.74, 6) is 0.938. The summed E-state index contributed by atoms with van der Waals surface area (Å²) < 4.78 is 11.2. The Labute approximate surface area is 94.1 Å². The number of rotatable bonds is 7. The molecule has 0 fully saturated rings. The average molecular weight is 224 g/mol. The topological polar surface area (TPSA) is 18.5 Å². The number of para-hydroxylation sites is 1. The molecule has 0 bridgehead atoms. The van der Waals surface area contributed by atoms with E-state index in [0.717, 1.165) is 11.8 Å². The van der Waals surface area contributed by atoms with Gasteiger partial charge in [-0.3, -0.25) is 0 Å². The van der Waals surface area contributed by atoms with Crippen LogP contribution in [0.25, 0.3) is 0 Å². The molecule has 84 valence electrons. The van der Waals surface area contributed by atoms with Crippen molar-refractivity contribution in [2.24, 2.45) is 0 Å². The van der Waals surface area contributed by atoms with Crippen LogP contribution < -0.4 is 4.43 Å². The van der Waals surface area contributed by atoms with Gasteiger partial charge < -0.3 is 8.85 Å². The molecule has 0 amide bonds. The van der Waals surface area contributed by atoms with Crippen LogP contribution in [0.1, 0.15) is 26.2 Å².